The van der Waals surface area contributed by atoms with Crippen LogP contribution in [0.1, 0.15) is 5.56 Å². The molecule has 22 heavy (non-hydrogen) atoms. The van der Waals surface area contributed by atoms with E-state index >= 15 is 0 Å². The van der Waals surface area contributed by atoms with Gasteiger partial charge in [-0.15, -0.1) is 24.0 Å². The lowest BCUT2D eigenvalue weighted by atomic mass is 10.2. The van der Waals surface area contributed by atoms with E-state index in [1.807, 2.05) is 48.5 Å². The molecule has 0 spiro atoms. The van der Waals surface area contributed by atoms with Crippen molar-refractivity contribution in [2.24, 2.45) is 10.7 Å². The largest absolute Gasteiger partial charge is 0.493 e. The molecule has 0 amide bonds. The average molecular weight is 413 g/mol. The SMILES string of the molecule is COc1cccc(CN=C(N)Nc2ccccc2)c1OC.I. The number of ether oxygens (including phenoxy) is 2. The fraction of sp³-hybridized carbons (Fsp3) is 0.188. The van der Waals surface area contributed by atoms with Crippen molar-refractivity contribution in [1.29, 1.82) is 0 Å². The van der Waals surface area contributed by atoms with E-state index in [-0.39, 0.29) is 24.0 Å². The summed E-state index contributed by atoms with van der Waals surface area (Å²) in [6.45, 7) is 0.409. The Morgan fingerprint density at radius 3 is 2.41 bits per heavy atom. The number of hydrogen-bond donors (Lipinski definition) is 2. The van der Waals surface area contributed by atoms with Crippen molar-refractivity contribution in [2.45, 2.75) is 6.54 Å². The second-order valence-electron chi connectivity index (χ2n) is 4.35. The minimum absolute atomic E-state index is 0. The van der Waals surface area contributed by atoms with Crippen LogP contribution in [0.15, 0.2) is 53.5 Å². The minimum atomic E-state index is 0. The first-order chi connectivity index (χ1) is 10.2. The molecule has 0 unspecified atom stereocenters. The molecule has 0 aliphatic carbocycles. The van der Waals surface area contributed by atoms with Crippen LogP contribution in [-0.4, -0.2) is 20.2 Å². The van der Waals surface area contributed by atoms with Crippen molar-refractivity contribution in [3.63, 3.8) is 0 Å². The molecule has 0 atom stereocenters. The van der Waals surface area contributed by atoms with E-state index in [2.05, 4.69) is 10.3 Å². The predicted octanol–water partition coefficient (Wildman–Crippen LogP) is 3.25. The van der Waals surface area contributed by atoms with Gasteiger partial charge >= 0.3 is 0 Å². The summed E-state index contributed by atoms with van der Waals surface area (Å²) in [6, 6.07) is 15.3. The van der Waals surface area contributed by atoms with Crippen molar-refractivity contribution in [3.8, 4) is 11.5 Å². The predicted molar refractivity (Wildman–Crippen MR) is 100 cm³/mol. The summed E-state index contributed by atoms with van der Waals surface area (Å²) in [5.41, 5.74) is 7.69. The number of aliphatic imine (C=N–C) groups is 1. The molecule has 2 aromatic rings. The van der Waals surface area contributed by atoms with Crippen LogP contribution in [0.4, 0.5) is 5.69 Å². The zero-order chi connectivity index (χ0) is 15.1. The molecule has 0 fully saturated rings. The molecule has 0 aromatic heterocycles. The first-order valence-corrected chi connectivity index (χ1v) is 6.56. The molecule has 0 saturated carbocycles. The van der Waals surface area contributed by atoms with Crippen LogP contribution in [0.3, 0.4) is 0 Å². The number of hydrogen-bond acceptors (Lipinski definition) is 3. The third-order valence-electron chi connectivity index (χ3n) is 2.95. The Morgan fingerprint density at radius 1 is 1.05 bits per heavy atom. The molecule has 0 saturated heterocycles. The molecular weight excluding hydrogens is 393 g/mol. The molecular formula is C16H20IN3O2. The Hall–Kier alpha value is -1.96. The number of guanidine groups is 1. The summed E-state index contributed by atoms with van der Waals surface area (Å²) in [5.74, 6) is 1.71. The van der Waals surface area contributed by atoms with Crippen molar-refractivity contribution in [3.05, 3.63) is 54.1 Å². The van der Waals surface area contributed by atoms with E-state index < -0.39 is 0 Å². The molecule has 0 heterocycles. The normalized spacial score (nSPS) is 10.5. The molecule has 0 bridgehead atoms. The Bertz CT molecular complexity index is 618. The van der Waals surface area contributed by atoms with Crippen molar-refractivity contribution < 1.29 is 9.47 Å². The van der Waals surface area contributed by atoms with Crippen molar-refractivity contribution in [1.82, 2.24) is 0 Å². The Morgan fingerprint density at radius 2 is 1.77 bits per heavy atom. The molecule has 3 N–H and O–H groups in total. The summed E-state index contributed by atoms with van der Waals surface area (Å²) >= 11 is 0. The number of para-hydroxylation sites is 2. The highest BCUT2D eigenvalue weighted by Gasteiger charge is 2.08. The fourth-order valence-corrected chi connectivity index (χ4v) is 1.96. The zero-order valence-corrected chi connectivity index (χ0v) is 14.9. The highest BCUT2D eigenvalue weighted by Crippen LogP contribution is 2.31. The maximum absolute atomic E-state index is 5.88. The standard InChI is InChI=1S/C16H19N3O2.HI/c1-20-14-10-6-7-12(15(14)21-2)11-18-16(17)19-13-8-4-3-5-9-13;/h3-10H,11H2,1-2H3,(H3,17,18,19);1H. The second kappa shape index (κ2) is 9.14. The van der Waals surface area contributed by atoms with Gasteiger partial charge in [-0.05, 0) is 18.2 Å². The minimum Gasteiger partial charge on any atom is -0.493 e. The van der Waals surface area contributed by atoms with Gasteiger partial charge in [-0.3, -0.25) is 0 Å². The lowest BCUT2D eigenvalue weighted by Gasteiger charge is -2.11. The lowest BCUT2D eigenvalue weighted by Crippen LogP contribution is -2.22. The van der Waals surface area contributed by atoms with E-state index in [1.165, 1.54) is 0 Å². The summed E-state index contributed by atoms with van der Waals surface area (Å²) in [6.07, 6.45) is 0. The molecule has 0 aliphatic heterocycles. The van der Waals surface area contributed by atoms with Crippen LogP contribution in [0, 0.1) is 0 Å². The molecule has 0 aliphatic rings. The molecule has 6 heteroatoms. The number of rotatable bonds is 5. The van der Waals surface area contributed by atoms with Crippen molar-refractivity contribution >= 4 is 35.6 Å². The monoisotopic (exact) mass is 413 g/mol. The van der Waals surface area contributed by atoms with Gasteiger partial charge in [-0.1, -0.05) is 30.3 Å². The van der Waals surface area contributed by atoms with E-state index in [1.54, 1.807) is 14.2 Å². The summed E-state index contributed by atoms with van der Waals surface area (Å²) in [4.78, 5) is 4.32. The van der Waals surface area contributed by atoms with E-state index in [0.717, 1.165) is 11.3 Å². The van der Waals surface area contributed by atoms with Crippen molar-refractivity contribution in [2.75, 3.05) is 19.5 Å². The van der Waals surface area contributed by atoms with Gasteiger partial charge in [-0.2, -0.15) is 0 Å². The van der Waals surface area contributed by atoms with Crippen LogP contribution < -0.4 is 20.5 Å². The second-order valence-corrected chi connectivity index (χ2v) is 4.35. The van der Waals surface area contributed by atoms with Crippen LogP contribution in [0.2, 0.25) is 0 Å². The molecule has 2 aromatic carbocycles. The topological polar surface area (TPSA) is 68.9 Å². The first-order valence-electron chi connectivity index (χ1n) is 6.56. The number of halogens is 1. The van der Waals surface area contributed by atoms with Gasteiger partial charge in [0.2, 0.25) is 0 Å². The summed E-state index contributed by atoms with van der Waals surface area (Å²) < 4.78 is 10.6. The quantitative estimate of drug-likeness (QED) is 0.449. The molecule has 5 nitrogen and oxygen atoms in total. The maximum Gasteiger partial charge on any atom is 0.193 e. The number of anilines is 1. The van der Waals surface area contributed by atoms with Gasteiger partial charge in [0.15, 0.2) is 17.5 Å². The van der Waals surface area contributed by atoms with Crippen LogP contribution in [-0.2, 0) is 6.54 Å². The third-order valence-corrected chi connectivity index (χ3v) is 2.95. The Balaban J connectivity index is 0.00000242. The highest BCUT2D eigenvalue weighted by atomic mass is 127. The number of methoxy groups -OCH3 is 2. The number of benzene rings is 2. The Labute approximate surface area is 147 Å². The van der Waals surface area contributed by atoms with Crippen LogP contribution in [0.5, 0.6) is 11.5 Å². The number of nitrogens with two attached hydrogens (primary N) is 1. The summed E-state index contributed by atoms with van der Waals surface area (Å²) in [5, 5.41) is 3.03. The van der Waals surface area contributed by atoms with Gasteiger partial charge in [0.1, 0.15) is 0 Å². The molecule has 0 radical (unpaired) electrons. The smallest absolute Gasteiger partial charge is 0.193 e. The first kappa shape index (κ1) is 18.1. The zero-order valence-electron chi connectivity index (χ0n) is 12.6. The van der Waals surface area contributed by atoms with Gasteiger partial charge in [0.05, 0.1) is 20.8 Å². The lowest BCUT2D eigenvalue weighted by molar-refractivity contribution is 0.352. The van der Waals surface area contributed by atoms with Gasteiger partial charge < -0.3 is 20.5 Å². The van der Waals surface area contributed by atoms with Crippen LogP contribution in [0.25, 0.3) is 0 Å². The van der Waals surface area contributed by atoms with E-state index in [4.69, 9.17) is 15.2 Å². The van der Waals surface area contributed by atoms with Crippen LogP contribution >= 0.6 is 24.0 Å². The molecule has 2 rings (SSSR count). The molecule has 118 valence electrons. The number of nitrogens with zero attached hydrogens (tertiary/aromatic N) is 1. The highest BCUT2D eigenvalue weighted by molar-refractivity contribution is 14.0. The fourth-order valence-electron chi connectivity index (χ4n) is 1.96. The third kappa shape index (κ3) is 4.80. The van der Waals surface area contributed by atoms with Gasteiger partial charge in [-0.25, -0.2) is 4.99 Å². The van der Waals surface area contributed by atoms with E-state index in [0.29, 0.717) is 24.0 Å². The Kier molecular flexibility index (Phi) is 7.51. The van der Waals surface area contributed by atoms with Gasteiger partial charge in [0.25, 0.3) is 0 Å². The average Bonchev–Trinajstić information content (AvgIpc) is 2.53. The maximum atomic E-state index is 5.88. The van der Waals surface area contributed by atoms with Gasteiger partial charge in [0, 0.05) is 11.3 Å². The van der Waals surface area contributed by atoms with E-state index in [9.17, 15) is 0 Å². The number of nitrogens with one attached hydrogen (secondary N) is 1. The summed E-state index contributed by atoms with van der Waals surface area (Å²) in [7, 11) is 3.22.